The third-order valence-corrected chi connectivity index (χ3v) is 5.59. The van der Waals surface area contributed by atoms with Crippen LogP contribution >= 0.6 is 0 Å². The largest absolute Gasteiger partial charge is 0.377 e. The fourth-order valence-electron chi connectivity index (χ4n) is 4.46. The molecule has 3 saturated heterocycles. The van der Waals surface area contributed by atoms with Crippen molar-refractivity contribution in [1.82, 2.24) is 14.8 Å². The van der Waals surface area contributed by atoms with E-state index in [-0.39, 0.29) is 5.60 Å². The number of aromatic nitrogens is 1. The minimum atomic E-state index is -0.103. The van der Waals surface area contributed by atoms with Crippen molar-refractivity contribution >= 4 is 0 Å². The molecule has 0 unspecified atom stereocenters. The minimum Gasteiger partial charge on any atom is -0.377 e. The van der Waals surface area contributed by atoms with Gasteiger partial charge in [-0.2, -0.15) is 0 Å². The first-order valence-electron chi connectivity index (χ1n) is 9.37. The van der Waals surface area contributed by atoms with Crippen LogP contribution in [-0.2, 0) is 16.0 Å². The highest BCUT2D eigenvalue weighted by molar-refractivity contribution is 5.10. The predicted molar refractivity (Wildman–Crippen MR) is 92.8 cm³/mol. The molecule has 0 N–H and O–H groups in total. The number of likely N-dealkylation sites (tertiary alicyclic amines) is 1. The van der Waals surface area contributed by atoms with Gasteiger partial charge in [-0.3, -0.25) is 9.88 Å². The number of rotatable bonds is 4. The van der Waals surface area contributed by atoms with Gasteiger partial charge < -0.3 is 14.4 Å². The van der Waals surface area contributed by atoms with Crippen molar-refractivity contribution in [3.63, 3.8) is 0 Å². The number of nitrogens with zero attached hydrogens (tertiary/aromatic N) is 3. The maximum Gasteiger partial charge on any atom is 0.104 e. The fourth-order valence-corrected chi connectivity index (χ4v) is 4.46. The smallest absolute Gasteiger partial charge is 0.104 e. The van der Waals surface area contributed by atoms with Gasteiger partial charge in [-0.05, 0) is 56.0 Å². The van der Waals surface area contributed by atoms with Gasteiger partial charge in [0.1, 0.15) is 5.60 Å². The van der Waals surface area contributed by atoms with E-state index in [1.165, 1.54) is 38.0 Å². The monoisotopic (exact) mass is 331 g/mol. The zero-order valence-electron chi connectivity index (χ0n) is 14.5. The van der Waals surface area contributed by atoms with Crippen molar-refractivity contribution in [2.75, 3.05) is 52.5 Å². The summed E-state index contributed by atoms with van der Waals surface area (Å²) in [6, 6.07) is 4.20. The summed E-state index contributed by atoms with van der Waals surface area (Å²) in [5.41, 5.74) is 1.21. The van der Waals surface area contributed by atoms with Crippen molar-refractivity contribution in [2.45, 2.75) is 31.4 Å². The van der Waals surface area contributed by atoms with Crippen LogP contribution in [0.5, 0.6) is 0 Å². The SMILES string of the molecule is c1cc(CN2CCOC[C@@]3(C[C@H](CN4CCCC4)CO3)C2)ccn1. The summed E-state index contributed by atoms with van der Waals surface area (Å²) in [7, 11) is 0. The van der Waals surface area contributed by atoms with Gasteiger partial charge in [-0.15, -0.1) is 0 Å². The summed E-state index contributed by atoms with van der Waals surface area (Å²) in [6.07, 6.45) is 7.61. The Labute approximate surface area is 144 Å². The Morgan fingerprint density at radius 3 is 2.79 bits per heavy atom. The molecule has 0 amide bonds. The molecule has 1 aromatic rings. The van der Waals surface area contributed by atoms with E-state index in [0.717, 1.165) is 45.9 Å². The van der Waals surface area contributed by atoms with E-state index in [4.69, 9.17) is 9.47 Å². The molecule has 0 aromatic carbocycles. The van der Waals surface area contributed by atoms with Gasteiger partial charge in [-0.1, -0.05) is 0 Å². The van der Waals surface area contributed by atoms with E-state index >= 15 is 0 Å². The maximum atomic E-state index is 6.35. The molecule has 1 aromatic heterocycles. The molecule has 4 rings (SSSR count). The van der Waals surface area contributed by atoms with Crippen molar-refractivity contribution < 1.29 is 9.47 Å². The molecule has 3 aliphatic rings. The molecular weight excluding hydrogens is 302 g/mol. The Morgan fingerprint density at radius 1 is 1.12 bits per heavy atom. The molecule has 0 aliphatic carbocycles. The third-order valence-electron chi connectivity index (χ3n) is 5.59. The van der Waals surface area contributed by atoms with Crippen LogP contribution < -0.4 is 0 Å². The Hall–Kier alpha value is -1.01. The average Bonchev–Trinajstić information content (AvgIpc) is 3.19. The molecule has 24 heavy (non-hydrogen) atoms. The maximum absolute atomic E-state index is 6.35. The van der Waals surface area contributed by atoms with Crippen LogP contribution in [0, 0.1) is 5.92 Å². The summed E-state index contributed by atoms with van der Waals surface area (Å²) in [4.78, 5) is 9.21. The second-order valence-electron chi connectivity index (χ2n) is 7.69. The summed E-state index contributed by atoms with van der Waals surface area (Å²) >= 11 is 0. The van der Waals surface area contributed by atoms with E-state index in [2.05, 4.69) is 26.9 Å². The molecule has 0 saturated carbocycles. The molecule has 5 heteroatoms. The summed E-state index contributed by atoms with van der Waals surface area (Å²) in [6.45, 7) is 9.09. The van der Waals surface area contributed by atoms with Gasteiger partial charge in [0.15, 0.2) is 0 Å². The summed E-state index contributed by atoms with van der Waals surface area (Å²) < 4.78 is 12.3. The standard InChI is InChI=1S/C19H29N3O2/c1-2-8-21(7-1)13-18-11-19(24-14-18)15-22(9-10-23-16-19)12-17-3-5-20-6-4-17/h3-6,18H,1-2,7-16H2/t18-,19-/m1/s1. The van der Waals surface area contributed by atoms with Crippen LogP contribution in [0.2, 0.25) is 0 Å². The molecular formula is C19H29N3O2. The van der Waals surface area contributed by atoms with Crippen LogP contribution in [0.1, 0.15) is 24.8 Å². The number of ether oxygens (including phenoxy) is 2. The van der Waals surface area contributed by atoms with Gasteiger partial charge in [0.05, 0.1) is 19.8 Å². The van der Waals surface area contributed by atoms with Crippen molar-refractivity contribution in [1.29, 1.82) is 0 Å². The van der Waals surface area contributed by atoms with E-state index in [1.54, 1.807) is 0 Å². The zero-order chi connectivity index (χ0) is 16.2. The van der Waals surface area contributed by atoms with E-state index in [1.807, 2.05) is 12.4 Å². The fraction of sp³-hybridized carbons (Fsp3) is 0.737. The van der Waals surface area contributed by atoms with Crippen LogP contribution in [-0.4, -0.2) is 72.9 Å². The van der Waals surface area contributed by atoms with Gasteiger partial charge in [0, 0.05) is 38.6 Å². The molecule has 0 bridgehead atoms. The molecule has 3 aliphatic heterocycles. The molecule has 3 fully saturated rings. The number of hydrogen-bond acceptors (Lipinski definition) is 5. The summed E-state index contributed by atoms with van der Waals surface area (Å²) in [5.74, 6) is 0.660. The number of pyridine rings is 1. The highest BCUT2D eigenvalue weighted by atomic mass is 16.5. The van der Waals surface area contributed by atoms with E-state index in [0.29, 0.717) is 5.92 Å². The predicted octanol–water partition coefficient (Wildman–Crippen LogP) is 1.78. The molecule has 0 radical (unpaired) electrons. The summed E-state index contributed by atoms with van der Waals surface area (Å²) in [5, 5.41) is 0. The highest BCUT2D eigenvalue weighted by Gasteiger charge is 2.43. The van der Waals surface area contributed by atoms with Crippen LogP contribution in [0.3, 0.4) is 0 Å². The first-order valence-corrected chi connectivity index (χ1v) is 9.37. The first kappa shape index (κ1) is 16.5. The zero-order valence-corrected chi connectivity index (χ0v) is 14.5. The van der Waals surface area contributed by atoms with Crippen molar-refractivity contribution in [3.8, 4) is 0 Å². The third kappa shape index (κ3) is 3.97. The molecule has 1 spiro atoms. The molecule has 5 nitrogen and oxygen atoms in total. The van der Waals surface area contributed by atoms with E-state index in [9.17, 15) is 0 Å². The second-order valence-corrected chi connectivity index (χ2v) is 7.69. The highest BCUT2D eigenvalue weighted by Crippen LogP contribution is 2.34. The lowest BCUT2D eigenvalue weighted by Gasteiger charge is -2.31. The average molecular weight is 331 g/mol. The second kappa shape index (κ2) is 7.48. The normalized spacial score (nSPS) is 32.4. The molecule has 2 atom stereocenters. The van der Waals surface area contributed by atoms with Crippen LogP contribution in [0.25, 0.3) is 0 Å². The van der Waals surface area contributed by atoms with Gasteiger partial charge >= 0.3 is 0 Å². The lowest BCUT2D eigenvalue weighted by Crippen LogP contribution is -2.44. The quantitative estimate of drug-likeness (QED) is 0.841. The Morgan fingerprint density at radius 2 is 1.96 bits per heavy atom. The van der Waals surface area contributed by atoms with Gasteiger partial charge in [-0.25, -0.2) is 0 Å². The van der Waals surface area contributed by atoms with Gasteiger partial charge in [0.25, 0.3) is 0 Å². The minimum absolute atomic E-state index is 0.103. The topological polar surface area (TPSA) is 37.8 Å². The lowest BCUT2D eigenvalue weighted by atomic mass is 9.93. The Kier molecular flexibility index (Phi) is 5.13. The van der Waals surface area contributed by atoms with E-state index < -0.39 is 0 Å². The lowest BCUT2D eigenvalue weighted by molar-refractivity contribution is -0.0563. The molecule has 132 valence electrons. The number of hydrogen-bond donors (Lipinski definition) is 0. The first-order chi connectivity index (χ1) is 11.8. The van der Waals surface area contributed by atoms with Crippen molar-refractivity contribution in [3.05, 3.63) is 30.1 Å². The molecule has 4 heterocycles. The van der Waals surface area contributed by atoms with Crippen molar-refractivity contribution in [2.24, 2.45) is 5.92 Å². The Bertz CT molecular complexity index is 521. The van der Waals surface area contributed by atoms with Crippen LogP contribution in [0.15, 0.2) is 24.5 Å². The van der Waals surface area contributed by atoms with Crippen LogP contribution in [0.4, 0.5) is 0 Å². The van der Waals surface area contributed by atoms with Gasteiger partial charge in [0.2, 0.25) is 0 Å². The Balaban J connectivity index is 1.37.